The van der Waals surface area contributed by atoms with Crippen LogP contribution in [0.4, 0.5) is 0 Å². The Hall–Kier alpha value is -0.330. The second kappa shape index (κ2) is 2.33. The van der Waals surface area contributed by atoms with Gasteiger partial charge in [-0.2, -0.15) is 0 Å². The van der Waals surface area contributed by atoms with Crippen LogP contribution < -0.4 is 0 Å². The van der Waals surface area contributed by atoms with Gasteiger partial charge in [-0.3, -0.25) is 4.79 Å². The van der Waals surface area contributed by atoms with Crippen molar-refractivity contribution in [1.29, 1.82) is 0 Å². The van der Waals surface area contributed by atoms with Crippen molar-refractivity contribution in [1.82, 2.24) is 0 Å². The highest BCUT2D eigenvalue weighted by Crippen LogP contribution is 2.52. The lowest BCUT2D eigenvalue weighted by Gasteiger charge is -2.47. The minimum Gasteiger partial charge on any atom is -0.299 e. The highest BCUT2D eigenvalue weighted by molar-refractivity contribution is 5.90. The summed E-state index contributed by atoms with van der Waals surface area (Å²) in [5, 5.41) is 0. The Bertz CT molecular complexity index is 185. The predicted molar refractivity (Wildman–Crippen MR) is 44.3 cm³/mol. The minimum atomic E-state index is 0.179. The summed E-state index contributed by atoms with van der Waals surface area (Å²) in [6.07, 6.45) is 7.16. The molecule has 2 aliphatic carbocycles. The maximum atomic E-state index is 11.4. The predicted octanol–water partition coefficient (Wildman–Crippen LogP) is 2.55. The average molecular weight is 152 g/mol. The fourth-order valence-corrected chi connectivity index (χ4v) is 2.75. The van der Waals surface area contributed by atoms with Crippen LogP contribution >= 0.6 is 0 Å². The molecule has 62 valence electrons. The van der Waals surface area contributed by atoms with E-state index in [1.165, 1.54) is 32.1 Å². The monoisotopic (exact) mass is 152 g/mol. The summed E-state index contributed by atoms with van der Waals surface area (Å²) in [5.41, 5.74) is 0.179. The summed E-state index contributed by atoms with van der Waals surface area (Å²) < 4.78 is 0. The highest BCUT2D eigenvalue weighted by atomic mass is 16.1. The van der Waals surface area contributed by atoms with Gasteiger partial charge >= 0.3 is 0 Å². The molecule has 0 aromatic heterocycles. The van der Waals surface area contributed by atoms with Crippen molar-refractivity contribution < 1.29 is 4.79 Å². The molecule has 0 saturated heterocycles. The van der Waals surface area contributed by atoms with Crippen LogP contribution in [0.1, 0.15) is 45.4 Å². The van der Waals surface area contributed by atoms with Crippen LogP contribution in [0, 0.1) is 11.3 Å². The van der Waals surface area contributed by atoms with Gasteiger partial charge in [0, 0.05) is 11.8 Å². The summed E-state index contributed by atoms with van der Waals surface area (Å²) in [5.74, 6) is 1.24. The first kappa shape index (κ1) is 7.33. The molecule has 0 aliphatic heterocycles. The van der Waals surface area contributed by atoms with Crippen LogP contribution in [0.25, 0.3) is 0 Å². The van der Waals surface area contributed by atoms with Crippen molar-refractivity contribution in [3.63, 3.8) is 0 Å². The van der Waals surface area contributed by atoms with Crippen LogP contribution in [0.5, 0.6) is 0 Å². The number of carbonyl (C=O) groups excluding carboxylic acids is 1. The van der Waals surface area contributed by atoms with E-state index in [0.29, 0.717) is 11.7 Å². The summed E-state index contributed by atoms with van der Waals surface area (Å²) in [6, 6.07) is 0. The molecule has 2 unspecified atom stereocenters. The zero-order valence-corrected chi connectivity index (χ0v) is 7.23. The van der Waals surface area contributed by atoms with Crippen molar-refractivity contribution in [2.75, 3.05) is 0 Å². The van der Waals surface area contributed by atoms with Crippen LogP contribution in [0.15, 0.2) is 0 Å². The number of hydrogen-bond acceptors (Lipinski definition) is 1. The van der Waals surface area contributed by atoms with Crippen molar-refractivity contribution in [3.8, 4) is 0 Å². The normalized spacial score (nSPS) is 44.1. The Morgan fingerprint density at radius 2 is 2.18 bits per heavy atom. The SMILES string of the molecule is CC1CCCCC12CCC2=O. The molecule has 1 nitrogen and oxygen atoms in total. The number of Topliss-reactive ketones (excluding diaryl/α,β-unsaturated/α-hetero) is 1. The third kappa shape index (κ3) is 0.863. The lowest BCUT2D eigenvalue weighted by atomic mass is 9.55. The quantitative estimate of drug-likeness (QED) is 0.521. The largest absolute Gasteiger partial charge is 0.299 e. The number of rotatable bonds is 0. The summed E-state index contributed by atoms with van der Waals surface area (Å²) >= 11 is 0. The van der Waals surface area contributed by atoms with Crippen molar-refractivity contribution in [2.45, 2.75) is 45.4 Å². The standard InChI is InChI=1S/C10H16O/c1-8-4-2-3-6-10(8)7-5-9(10)11/h8H,2-7H2,1H3. The van der Waals surface area contributed by atoms with Gasteiger partial charge in [0.1, 0.15) is 5.78 Å². The van der Waals surface area contributed by atoms with Gasteiger partial charge in [0.05, 0.1) is 0 Å². The zero-order valence-electron chi connectivity index (χ0n) is 7.23. The smallest absolute Gasteiger partial charge is 0.139 e. The van der Waals surface area contributed by atoms with E-state index in [1.54, 1.807) is 0 Å². The lowest BCUT2D eigenvalue weighted by Crippen LogP contribution is -2.47. The molecule has 0 aromatic carbocycles. The second-order valence-corrected chi connectivity index (χ2v) is 4.23. The molecule has 1 spiro atoms. The van der Waals surface area contributed by atoms with Crippen LogP contribution in [-0.2, 0) is 4.79 Å². The second-order valence-electron chi connectivity index (χ2n) is 4.23. The van der Waals surface area contributed by atoms with Crippen molar-refractivity contribution in [2.24, 2.45) is 11.3 Å². The molecule has 2 saturated carbocycles. The van der Waals surface area contributed by atoms with Crippen LogP contribution in [0.3, 0.4) is 0 Å². The molecule has 0 amide bonds. The van der Waals surface area contributed by atoms with E-state index in [2.05, 4.69) is 6.92 Å². The topological polar surface area (TPSA) is 17.1 Å². The molecular weight excluding hydrogens is 136 g/mol. The first-order valence-corrected chi connectivity index (χ1v) is 4.79. The van der Waals surface area contributed by atoms with Gasteiger partial charge in [-0.1, -0.05) is 19.8 Å². The van der Waals surface area contributed by atoms with Gasteiger partial charge in [0.2, 0.25) is 0 Å². The zero-order chi connectivity index (χ0) is 7.90. The first-order chi connectivity index (χ1) is 5.26. The molecule has 2 rings (SSSR count). The van der Waals surface area contributed by atoms with Crippen LogP contribution in [-0.4, -0.2) is 5.78 Å². The molecule has 2 fully saturated rings. The average Bonchev–Trinajstić information content (AvgIpc) is 2.03. The minimum absolute atomic E-state index is 0.179. The van der Waals surface area contributed by atoms with E-state index in [-0.39, 0.29) is 5.41 Å². The van der Waals surface area contributed by atoms with Crippen molar-refractivity contribution >= 4 is 5.78 Å². The van der Waals surface area contributed by atoms with E-state index < -0.39 is 0 Å². The summed E-state index contributed by atoms with van der Waals surface area (Å²) in [4.78, 5) is 11.4. The maximum Gasteiger partial charge on any atom is 0.139 e. The number of ketones is 1. The molecule has 1 heteroatoms. The van der Waals surface area contributed by atoms with Gasteiger partial charge in [0.15, 0.2) is 0 Å². The molecule has 2 aliphatic rings. The van der Waals surface area contributed by atoms with E-state index in [9.17, 15) is 4.79 Å². The molecule has 11 heavy (non-hydrogen) atoms. The Morgan fingerprint density at radius 1 is 1.36 bits per heavy atom. The molecular formula is C10H16O. The molecule has 0 bridgehead atoms. The first-order valence-electron chi connectivity index (χ1n) is 4.79. The Morgan fingerprint density at radius 3 is 2.55 bits per heavy atom. The molecule has 2 atom stereocenters. The summed E-state index contributed by atoms with van der Waals surface area (Å²) in [7, 11) is 0. The number of carbonyl (C=O) groups is 1. The van der Waals surface area contributed by atoms with Gasteiger partial charge < -0.3 is 0 Å². The van der Waals surface area contributed by atoms with E-state index in [0.717, 1.165) is 6.42 Å². The Labute approximate surface area is 68.2 Å². The van der Waals surface area contributed by atoms with E-state index in [1.807, 2.05) is 0 Å². The maximum absolute atomic E-state index is 11.4. The lowest BCUT2D eigenvalue weighted by molar-refractivity contribution is -0.145. The molecule has 0 aromatic rings. The Balaban J connectivity index is 2.15. The van der Waals surface area contributed by atoms with Gasteiger partial charge in [0.25, 0.3) is 0 Å². The molecule has 0 radical (unpaired) electrons. The van der Waals surface area contributed by atoms with Gasteiger partial charge in [-0.05, 0) is 25.2 Å². The highest BCUT2D eigenvalue weighted by Gasteiger charge is 2.50. The summed E-state index contributed by atoms with van der Waals surface area (Å²) in [6.45, 7) is 2.26. The molecule has 0 N–H and O–H groups in total. The van der Waals surface area contributed by atoms with Crippen LogP contribution in [0.2, 0.25) is 0 Å². The van der Waals surface area contributed by atoms with Gasteiger partial charge in [-0.25, -0.2) is 0 Å². The van der Waals surface area contributed by atoms with Gasteiger partial charge in [-0.15, -0.1) is 0 Å². The van der Waals surface area contributed by atoms with E-state index in [4.69, 9.17) is 0 Å². The Kier molecular flexibility index (Phi) is 1.55. The van der Waals surface area contributed by atoms with E-state index >= 15 is 0 Å². The third-order valence-electron chi connectivity index (χ3n) is 3.81. The molecule has 0 heterocycles. The third-order valence-corrected chi connectivity index (χ3v) is 3.81. The van der Waals surface area contributed by atoms with Crippen molar-refractivity contribution in [3.05, 3.63) is 0 Å². The number of hydrogen-bond donors (Lipinski definition) is 0. The fraction of sp³-hybridized carbons (Fsp3) is 0.900. The fourth-order valence-electron chi connectivity index (χ4n) is 2.75.